The first-order valence-electron chi connectivity index (χ1n) is 11.1. The van der Waals surface area contributed by atoms with Crippen LogP contribution >= 0.6 is 23.2 Å². The summed E-state index contributed by atoms with van der Waals surface area (Å²) in [4.78, 5) is 41.8. The predicted molar refractivity (Wildman–Crippen MR) is 144 cm³/mol. The van der Waals surface area contributed by atoms with Crippen LogP contribution in [-0.2, 0) is 20.6 Å². The van der Waals surface area contributed by atoms with E-state index >= 15 is 0 Å². The van der Waals surface area contributed by atoms with E-state index in [1.54, 1.807) is 43.6 Å². The summed E-state index contributed by atoms with van der Waals surface area (Å²) in [6.45, 7) is 0.281. The fraction of sp³-hybridized carbons (Fsp3) is 0.154. The maximum atomic E-state index is 12.9. The molecule has 1 amide bonds. The number of carbonyl (C=O) groups is 1. The average molecular weight is 540 g/mol. The fourth-order valence-electron chi connectivity index (χ4n) is 3.88. The number of halogens is 2. The molecule has 2 aromatic carbocycles. The quantitative estimate of drug-likeness (QED) is 0.384. The topological polar surface area (TPSA) is 121 Å². The van der Waals surface area contributed by atoms with E-state index in [4.69, 9.17) is 33.7 Å². The fourth-order valence-corrected chi connectivity index (χ4v) is 4.48. The van der Waals surface area contributed by atoms with Gasteiger partial charge in [0, 0.05) is 61.4 Å². The van der Waals surface area contributed by atoms with E-state index < -0.39 is 17.2 Å². The number of aryl methyl sites for hydroxylation is 1. The molecule has 4 rings (SSSR count). The Morgan fingerprint density at radius 1 is 1.05 bits per heavy atom. The van der Waals surface area contributed by atoms with Crippen LogP contribution < -0.4 is 27.0 Å². The summed E-state index contributed by atoms with van der Waals surface area (Å²) in [6.07, 6.45) is 2.83. The highest BCUT2D eigenvalue weighted by Gasteiger charge is 2.19. The Morgan fingerprint density at radius 3 is 2.38 bits per heavy atom. The molecule has 0 aliphatic rings. The van der Waals surface area contributed by atoms with Crippen molar-refractivity contribution in [2.24, 2.45) is 19.8 Å². The van der Waals surface area contributed by atoms with E-state index in [0.717, 1.165) is 14.7 Å². The molecule has 3 N–H and O–H groups in total. The molecule has 9 nitrogen and oxygen atoms in total. The Hall–Kier alpha value is -3.92. The smallest absolute Gasteiger partial charge is 0.330 e. The third kappa shape index (κ3) is 4.89. The first-order chi connectivity index (χ1) is 17.7. The number of methoxy groups -OCH3 is 1. The van der Waals surface area contributed by atoms with Gasteiger partial charge in [0.25, 0.3) is 11.5 Å². The predicted octanol–water partition coefficient (Wildman–Crippen LogP) is 3.84. The third-order valence-corrected chi connectivity index (χ3v) is 6.70. The van der Waals surface area contributed by atoms with E-state index in [1.165, 1.54) is 20.3 Å². The van der Waals surface area contributed by atoms with Gasteiger partial charge in [0.1, 0.15) is 11.3 Å². The second kappa shape index (κ2) is 10.6. The highest BCUT2D eigenvalue weighted by molar-refractivity contribution is 6.39. The summed E-state index contributed by atoms with van der Waals surface area (Å²) < 4.78 is 7.44. The molecule has 0 unspecified atom stereocenters. The van der Waals surface area contributed by atoms with Crippen LogP contribution in [-0.4, -0.2) is 27.1 Å². The summed E-state index contributed by atoms with van der Waals surface area (Å²) in [5.41, 5.74) is 7.74. The number of anilines is 1. The van der Waals surface area contributed by atoms with Gasteiger partial charge in [0.2, 0.25) is 0 Å². The average Bonchev–Trinajstić information content (AvgIpc) is 2.90. The van der Waals surface area contributed by atoms with Crippen LogP contribution in [0.4, 0.5) is 5.69 Å². The van der Waals surface area contributed by atoms with Gasteiger partial charge in [0.15, 0.2) is 0 Å². The molecule has 0 bridgehead atoms. The number of benzene rings is 2. The molecule has 2 heterocycles. The number of hydrogen-bond donors (Lipinski definition) is 2. The van der Waals surface area contributed by atoms with Gasteiger partial charge in [-0.1, -0.05) is 53.5 Å². The van der Waals surface area contributed by atoms with E-state index in [1.807, 2.05) is 12.1 Å². The molecule has 0 radical (unpaired) electrons. The van der Waals surface area contributed by atoms with Crippen molar-refractivity contribution in [1.82, 2.24) is 14.1 Å². The minimum atomic E-state index is -0.716. The van der Waals surface area contributed by atoms with Crippen LogP contribution in [0.25, 0.3) is 22.4 Å². The van der Waals surface area contributed by atoms with Gasteiger partial charge >= 0.3 is 5.69 Å². The molecule has 11 heteroatoms. The lowest BCUT2D eigenvalue weighted by Crippen LogP contribution is -2.40. The minimum absolute atomic E-state index is 0.202. The van der Waals surface area contributed by atoms with Gasteiger partial charge in [-0.2, -0.15) is 0 Å². The molecule has 37 heavy (non-hydrogen) atoms. The highest BCUT2D eigenvalue weighted by atomic mass is 35.5. The van der Waals surface area contributed by atoms with Gasteiger partial charge in [-0.3, -0.25) is 19.1 Å². The lowest BCUT2D eigenvalue weighted by atomic mass is 10.00. The lowest BCUT2D eigenvalue weighted by Gasteiger charge is -2.15. The van der Waals surface area contributed by atoms with Crippen molar-refractivity contribution in [3.05, 3.63) is 96.9 Å². The van der Waals surface area contributed by atoms with Crippen molar-refractivity contribution in [2.45, 2.75) is 6.54 Å². The number of nitrogens with zero attached hydrogens (tertiary/aromatic N) is 3. The highest BCUT2D eigenvalue weighted by Crippen LogP contribution is 2.41. The molecule has 0 atom stereocenters. The number of aromatic nitrogens is 3. The summed E-state index contributed by atoms with van der Waals surface area (Å²) in [5.74, 6) is -0.104. The molecule has 190 valence electrons. The number of amides is 1. The molecule has 0 aliphatic heterocycles. The molecular formula is C26H23Cl2N5O4. The molecule has 2 aromatic heterocycles. The Labute approximate surface area is 222 Å². The molecule has 0 saturated heterocycles. The number of pyridine rings is 1. The summed E-state index contributed by atoms with van der Waals surface area (Å²) in [6, 6.07) is 12.3. The first kappa shape index (κ1) is 26.2. The van der Waals surface area contributed by atoms with Gasteiger partial charge < -0.3 is 20.4 Å². The summed E-state index contributed by atoms with van der Waals surface area (Å²) in [7, 11) is 4.31. The SMILES string of the molecule is COc1cc(-c2cccc(-c3cccc(NC(=O)c4cn(C)c(=O)n(C)c4=O)c3Cl)c2Cl)ncc1CN. The zero-order chi connectivity index (χ0) is 26.9. The van der Waals surface area contributed by atoms with Crippen LogP contribution in [0.5, 0.6) is 5.75 Å². The maximum Gasteiger partial charge on any atom is 0.330 e. The van der Waals surface area contributed by atoms with Crippen LogP contribution in [0.15, 0.2) is 64.4 Å². The van der Waals surface area contributed by atoms with Crippen LogP contribution in [0.2, 0.25) is 10.0 Å². The standard InChI is InChI=1S/C26H23Cl2N5O4/c1-32-13-18(25(35)33(2)26(32)36)24(34)31-19-9-5-7-16(23(19)28)15-6-4-8-17(22(15)27)20-10-21(37-3)14(11-29)12-30-20/h4-10,12-13H,11,29H2,1-3H3,(H,31,34). The number of nitrogens with one attached hydrogen (secondary N) is 1. The molecule has 4 aromatic rings. The summed E-state index contributed by atoms with van der Waals surface area (Å²) in [5, 5.41) is 3.28. The van der Waals surface area contributed by atoms with E-state index in [2.05, 4.69) is 10.3 Å². The molecule has 0 saturated carbocycles. The molecule has 0 spiro atoms. The normalized spacial score (nSPS) is 10.9. The van der Waals surface area contributed by atoms with Gasteiger partial charge in [-0.25, -0.2) is 4.79 Å². The van der Waals surface area contributed by atoms with E-state index in [0.29, 0.717) is 33.2 Å². The van der Waals surface area contributed by atoms with Crippen molar-refractivity contribution < 1.29 is 9.53 Å². The van der Waals surface area contributed by atoms with Crippen LogP contribution in [0, 0.1) is 0 Å². The zero-order valence-electron chi connectivity index (χ0n) is 20.2. The van der Waals surface area contributed by atoms with Crippen molar-refractivity contribution >= 4 is 34.8 Å². The van der Waals surface area contributed by atoms with Gasteiger partial charge in [-0.05, 0) is 6.07 Å². The second-order valence-corrected chi connectivity index (χ2v) is 8.93. The molecule has 0 aliphatic carbocycles. The van der Waals surface area contributed by atoms with Crippen molar-refractivity contribution in [3.63, 3.8) is 0 Å². The minimum Gasteiger partial charge on any atom is -0.496 e. The van der Waals surface area contributed by atoms with Crippen molar-refractivity contribution in [1.29, 1.82) is 0 Å². The Morgan fingerprint density at radius 2 is 1.70 bits per heavy atom. The van der Waals surface area contributed by atoms with Crippen LogP contribution in [0.1, 0.15) is 15.9 Å². The number of nitrogens with two attached hydrogens (primary N) is 1. The Bertz CT molecular complexity index is 1650. The molecule has 0 fully saturated rings. The van der Waals surface area contributed by atoms with Gasteiger partial charge in [0.05, 0.1) is 28.5 Å². The monoisotopic (exact) mass is 539 g/mol. The Balaban J connectivity index is 1.74. The Kier molecular flexibility index (Phi) is 7.49. The second-order valence-electron chi connectivity index (χ2n) is 8.17. The number of ether oxygens (including phenoxy) is 1. The van der Waals surface area contributed by atoms with Crippen molar-refractivity contribution in [2.75, 3.05) is 12.4 Å². The third-order valence-electron chi connectivity index (χ3n) is 5.89. The van der Waals surface area contributed by atoms with Crippen LogP contribution in [0.3, 0.4) is 0 Å². The maximum absolute atomic E-state index is 12.9. The largest absolute Gasteiger partial charge is 0.496 e. The van der Waals surface area contributed by atoms with Crippen molar-refractivity contribution in [3.8, 4) is 28.1 Å². The van der Waals surface area contributed by atoms with Gasteiger partial charge in [-0.15, -0.1) is 0 Å². The number of carbonyl (C=O) groups excluding carboxylic acids is 1. The number of hydrogen-bond acceptors (Lipinski definition) is 6. The lowest BCUT2D eigenvalue weighted by molar-refractivity contribution is 0.102. The first-order valence-corrected chi connectivity index (χ1v) is 11.8. The zero-order valence-corrected chi connectivity index (χ0v) is 21.7. The molecular weight excluding hydrogens is 517 g/mol. The summed E-state index contributed by atoms with van der Waals surface area (Å²) >= 11 is 13.5. The number of rotatable bonds is 6. The van der Waals surface area contributed by atoms with E-state index in [-0.39, 0.29) is 22.8 Å². The van der Waals surface area contributed by atoms with E-state index in [9.17, 15) is 14.4 Å².